The van der Waals surface area contributed by atoms with Gasteiger partial charge in [0.25, 0.3) is 5.54 Å². The number of hydrogen-bond donors (Lipinski definition) is 2. The highest BCUT2D eigenvalue weighted by Crippen LogP contribution is 2.63. The van der Waals surface area contributed by atoms with Gasteiger partial charge in [-0.1, -0.05) is 60.7 Å². The number of nitrogens with zero attached hydrogens (tertiary/aromatic N) is 3. The fourth-order valence-electron chi connectivity index (χ4n) is 6.16. The highest BCUT2D eigenvalue weighted by atomic mass is 16.6. The summed E-state index contributed by atoms with van der Waals surface area (Å²) in [7, 11) is 1.61. The molecule has 1 atom stereocenters. The van der Waals surface area contributed by atoms with Gasteiger partial charge in [0.15, 0.2) is 0 Å². The second-order valence-electron chi connectivity index (χ2n) is 9.90. The topological polar surface area (TPSA) is 123 Å². The Balaban J connectivity index is 1.33. The van der Waals surface area contributed by atoms with E-state index in [-0.39, 0.29) is 29.1 Å². The SMILES string of the molecule is COc1ccc(Cc2nc(NC(=O)C3(C)CC4([N+](=O)[O-])c5ccccc5C3c3ccccc34)n[nH]2)cc1. The molecule has 9 nitrogen and oxygen atoms in total. The smallest absolute Gasteiger partial charge is 0.273 e. The van der Waals surface area contributed by atoms with Gasteiger partial charge in [-0.15, -0.1) is 5.10 Å². The van der Waals surface area contributed by atoms with E-state index in [1.165, 1.54) is 0 Å². The van der Waals surface area contributed by atoms with E-state index in [4.69, 9.17) is 4.74 Å². The molecule has 0 saturated heterocycles. The maximum absolute atomic E-state index is 13.9. The Morgan fingerprint density at radius 3 is 2.30 bits per heavy atom. The average molecular weight is 496 g/mol. The number of ether oxygens (including phenoxy) is 1. The molecular weight excluding hydrogens is 470 g/mol. The van der Waals surface area contributed by atoms with Crippen molar-refractivity contribution in [3.05, 3.63) is 117 Å². The third-order valence-electron chi connectivity index (χ3n) is 7.81. The highest BCUT2D eigenvalue weighted by Gasteiger charge is 2.67. The molecule has 0 spiro atoms. The van der Waals surface area contributed by atoms with Crippen LogP contribution in [0.1, 0.15) is 52.9 Å². The van der Waals surface area contributed by atoms with Gasteiger partial charge in [0.05, 0.1) is 12.5 Å². The molecule has 3 aromatic carbocycles. The Morgan fingerprint density at radius 2 is 1.70 bits per heavy atom. The molecule has 0 saturated carbocycles. The molecule has 186 valence electrons. The van der Waals surface area contributed by atoms with Gasteiger partial charge in [-0.3, -0.25) is 25.3 Å². The first-order valence-electron chi connectivity index (χ1n) is 12.1. The van der Waals surface area contributed by atoms with E-state index in [1.54, 1.807) is 7.11 Å². The molecule has 2 N–H and O–H groups in total. The number of fused-ring (bicyclic) bond motifs is 1. The van der Waals surface area contributed by atoms with Crippen LogP contribution in [0.25, 0.3) is 0 Å². The molecular formula is C28H25N5O4. The second kappa shape index (κ2) is 8.26. The highest BCUT2D eigenvalue weighted by molar-refractivity contribution is 5.96. The van der Waals surface area contributed by atoms with Crippen LogP contribution >= 0.6 is 0 Å². The number of carbonyl (C=O) groups is 1. The van der Waals surface area contributed by atoms with Crippen molar-refractivity contribution in [2.45, 2.75) is 31.2 Å². The summed E-state index contributed by atoms with van der Waals surface area (Å²) in [5.41, 5.74) is 1.36. The maximum atomic E-state index is 13.9. The number of benzene rings is 3. The zero-order chi connectivity index (χ0) is 25.8. The van der Waals surface area contributed by atoms with Gasteiger partial charge in [0.2, 0.25) is 11.9 Å². The lowest BCUT2D eigenvalue weighted by atomic mass is 9.49. The summed E-state index contributed by atoms with van der Waals surface area (Å²) >= 11 is 0. The molecule has 1 unspecified atom stereocenters. The van der Waals surface area contributed by atoms with Gasteiger partial charge in [-0.2, -0.15) is 4.98 Å². The van der Waals surface area contributed by atoms with Crippen LogP contribution in [-0.2, 0) is 16.8 Å². The Bertz CT molecular complexity index is 1480. The lowest BCUT2D eigenvalue weighted by Gasteiger charge is -2.52. The van der Waals surface area contributed by atoms with Gasteiger partial charge in [0, 0.05) is 34.8 Å². The number of aromatic nitrogens is 3. The summed E-state index contributed by atoms with van der Waals surface area (Å²) < 4.78 is 5.20. The van der Waals surface area contributed by atoms with E-state index in [0.717, 1.165) is 22.4 Å². The summed E-state index contributed by atoms with van der Waals surface area (Å²) in [4.78, 5) is 30.9. The van der Waals surface area contributed by atoms with Crippen LogP contribution in [0.2, 0.25) is 0 Å². The van der Waals surface area contributed by atoms with Crippen LogP contribution in [0.5, 0.6) is 5.75 Å². The van der Waals surface area contributed by atoms with E-state index in [0.29, 0.717) is 23.4 Å². The minimum Gasteiger partial charge on any atom is -0.497 e. The van der Waals surface area contributed by atoms with E-state index in [1.807, 2.05) is 79.7 Å². The number of H-pyrrole nitrogens is 1. The lowest BCUT2D eigenvalue weighted by Crippen LogP contribution is -2.57. The number of anilines is 1. The zero-order valence-corrected chi connectivity index (χ0v) is 20.4. The third kappa shape index (κ3) is 3.34. The largest absolute Gasteiger partial charge is 0.497 e. The molecule has 1 heterocycles. The predicted octanol–water partition coefficient (Wildman–Crippen LogP) is 4.42. The molecule has 3 aliphatic carbocycles. The number of nitrogens with one attached hydrogen (secondary N) is 2. The van der Waals surface area contributed by atoms with Crippen LogP contribution in [-0.4, -0.2) is 33.1 Å². The van der Waals surface area contributed by atoms with Crippen LogP contribution < -0.4 is 10.1 Å². The van der Waals surface area contributed by atoms with Gasteiger partial charge >= 0.3 is 0 Å². The van der Waals surface area contributed by atoms with Crippen molar-refractivity contribution in [1.29, 1.82) is 0 Å². The first kappa shape index (κ1) is 22.9. The molecule has 9 heteroatoms. The Hall–Kier alpha value is -4.53. The number of aromatic amines is 1. The predicted molar refractivity (Wildman–Crippen MR) is 136 cm³/mol. The lowest BCUT2D eigenvalue weighted by molar-refractivity contribution is -0.573. The summed E-state index contributed by atoms with van der Waals surface area (Å²) in [5, 5.41) is 22.7. The fourth-order valence-corrected chi connectivity index (χ4v) is 6.16. The average Bonchev–Trinajstić information content (AvgIpc) is 3.35. The molecule has 4 aromatic rings. The van der Waals surface area contributed by atoms with Crippen LogP contribution in [0.3, 0.4) is 0 Å². The quantitative estimate of drug-likeness (QED) is 0.302. The second-order valence-corrected chi connectivity index (χ2v) is 9.90. The molecule has 3 aliphatic rings. The number of amides is 1. The number of methoxy groups -OCH3 is 1. The summed E-state index contributed by atoms with van der Waals surface area (Å²) in [6.45, 7) is 1.81. The zero-order valence-electron chi connectivity index (χ0n) is 20.4. The Morgan fingerprint density at radius 1 is 1.08 bits per heavy atom. The molecule has 0 aliphatic heterocycles. The van der Waals surface area contributed by atoms with Gasteiger partial charge in [-0.25, -0.2) is 0 Å². The first-order valence-corrected chi connectivity index (χ1v) is 12.1. The first-order chi connectivity index (χ1) is 17.9. The Kier molecular flexibility index (Phi) is 5.11. The van der Waals surface area contributed by atoms with Crippen molar-refractivity contribution in [2.75, 3.05) is 12.4 Å². The van der Waals surface area contributed by atoms with Crippen LogP contribution in [0.4, 0.5) is 5.95 Å². The van der Waals surface area contributed by atoms with Gasteiger partial charge < -0.3 is 4.74 Å². The van der Waals surface area contributed by atoms with E-state index in [2.05, 4.69) is 20.5 Å². The van der Waals surface area contributed by atoms with Gasteiger partial charge in [0.1, 0.15) is 11.6 Å². The molecule has 0 radical (unpaired) electrons. The number of rotatable bonds is 6. The standard InChI is InChI=1S/C28H25N5O4/c1-27(25(34)30-26-29-23(31-32-26)15-17-11-13-18(37-2)14-12-17)16-28(33(35)36)21-9-5-3-7-19(21)24(27)20-8-4-6-10-22(20)28/h3-14,24H,15-16H2,1-2H3,(H2,29,30,31,32,34). The number of nitro groups is 1. The fraction of sp³-hybridized carbons (Fsp3) is 0.250. The number of hydrogen-bond acceptors (Lipinski definition) is 6. The van der Waals surface area contributed by atoms with Crippen LogP contribution in [0, 0.1) is 15.5 Å². The normalized spacial score (nSPS) is 23.1. The maximum Gasteiger partial charge on any atom is 0.273 e. The number of carbonyl (C=O) groups excluding carboxylic acids is 1. The summed E-state index contributed by atoms with van der Waals surface area (Å²) in [5.74, 6) is 0.822. The van der Waals surface area contributed by atoms with Crippen molar-refractivity contribution >= 4 is 11.9 Å². The van der Waals surface area contributed by atoms with E-state index >= 15 is 0 Å². The molecule has 2 bridgehead atoms. The van der Waals surface area contributed by atoms with Crippen LogP contribution in [0.15, 0.2) is 72.8 Å². The molecule has 7 rings (SSSR count). The molecule has 0 fully saturated rings. The summed E-state index contributed by atoms with van der Waals surface area (Å²) in [6.07, 6.45) is 0.540. The molecule has 1 amide bonds. The minimum absolute atomic E-state index is 0.0423. The van der Waals surface area contributed by atoms with Crippen molar-refractivity contribution in [3.8, 4) is 5.75 Å². The van der Waals surface area contributed by atoms with Crippen molar-refractivity contribution in [3.63, 3.8) is 0 Å². The van der Waals surface area contributed by atoms with Crippen molar-refractivity contribution in [2.24, 2.45) is 5.41 Å². The van der Waals surface area contributed by atoms with E-state index < -0.39 is 11.0 Å². The third-order valence-corrected chi connectivity index (χ3v) is 7.81. The molecule has 1 aromatic heterocycles. The van der Waals surface area contributed by atoms with Gasteiger partial charge in [-0.05, 0) is 35.7 Å². The Labute approximate surface area is 213 Å². The summed E-state index contributed by atoms with van der Waals surface area (Å²) in [6, 6.07) is 22.4. The van der Waals surface area contributed by atoms with E-state index in [9.17, 15) is 14.9 Å². The van der Waals surface area contributed by atoms with Crippen molar-refractivity contribution < 1.29 is 14.5 Å². The molecule has 37 heavy (non-hydrogen) atoms. The monoisotopic (exact) mass is 495 g/mol. The van der Waals surface area contributed by atoms with Crippen molar-refractivity contribution in [1.82, 2.24) is 15.2 Å². The minimum atomic E-state index is -1.51.